The highest BCUT2D eigenvalue weighted by Gasteiger charge is 2.27. The van der Waals surface area contributed by atoms with Crippen molar-refractivity contribution in [3.8, 4) is 0 Å². The summed E-state index contributed by atoms with van der Waals surface area (Å²) in [6, 6.07) is 13.4. The molecule has 0 radical (unpaired) electrons. The molecule has 0 aliphatic carbocycles. The molecule has 0 unspecified atom stereocenters. The third kappa shape index (κ3) is 4.71. The van der Waals surface area contributed by atoms with E-state index in [2.05, 4.69) is 20.8 Å². The lowest BCUT2D eigenvalue weighted by atomic mass is 10.2. The largest absolute Gasteiger partial charge is 0.361 e. The zero-order valence-corrected chi connectivity index (χ0v) is 18.1. The first kappa shape index (κ1) is 21.7. The van der Waals surface area contributed by atoms with Crippen LogP contribution < -0.4 is 10.7 Å². The average molecular weight is 454 g/mol. The molecule has 0 bridgehead atoms. The van der Waals surface area contributed by atoms with E-state index in [-0.39, 0.29) is 17.0 Å². The SMILES string of the molecule is O=C(CNC(=O)c1ccc(S(=O)(=O)N2CCCC2)cc1)N/N=C/c1c[nH]c2ccccc12. The Morgan fingerprint density at radius 2 is 1.78 bits per heavy atom. The molecule has 1 fully saturated rings. The number of sulfonamides is 1. The number of para-hydroxylation sites is 1. The number of aromatic nitrogens is 1. The predicted octanol–water partition coefficient (Wildman–Crippen LogP) is 1.83. The summed E-state index contributed by atoms with van der Waals surface area (Å²) in [4.78, 5) is 27.5. The number of carbonyl (C=O) groups excluding carboxylic acids is 2. The van der Waals surface area contributed by atoms with Crippen LogP contribution >= 0.6 is 0 Å². The average Bonchev–Trinajstić information content (AvgIpc) is 3.49. The van der Waals surface area contributed by atoms with Gasteiger partial charge in [0.2, 0.25) is 10.0 Å². The first-order valence-corrected chi connectivity index (χ1v) is 11.7. The second-order valence-electron chi connectivity index (χ2n) is 7.40. The Morgan fingerprint density at radius 3 is 2.53 bits per heavy atom. The van der Waals surface area contributed by atoms with Crippen molar-refractivity contribution in [3.63, 3.8) is 0 Å². The molecule has 2 amide bonds. The summed E-state index contributed by atoms with van der Waals surface area (Å²) in [6.07, 6.45) is 5.02. The summed E-state index contributed by atoms with van der Waals surface area (Å²) in [7, 11) is -3.53. The molecule has 32 heavy (non-hydrogen) atoms. The molecule has 1 saturated heterocycles. The number of hydrazone groups is 1. The summed E-state index contributed by atoms with van der Waals surface area (Å²) in [5.41, 5.74) is 4.43. The van der Waals surface area contributed by atoms with E-state index in [1.807, 2.05) is 24.3 Å². The molecule has 2 aromatic carbocycles. The van der Waals surface area contributed by atoms with Gasteiger partial charge < -0.3 is 10.3 Å². The van der Waals surface area contributed by atoms with Gasteiger partial charge in [-0.3, -0.25) is 9.59 Å². The lowest BCUT2D eigenvalue weighted by Crippen LogP contribution is -2.35. The quantitative estimate of drug-likeness (QED) is 0.373. The first-order valence-electron chi connectivity index (χ1n) is 10.2. The van der Waals surface area contributed by atoms with Crippen LogP contribution in [0, 0.1) is 0 Å². The highest BCUT2D eigenvalue weighted by Crippen LogP contribution is 2.21. The fourth-order valence-corrected chi connectivity index (χ4v) is 5.05. The smallest absolute Gasteiger partial charge is 0.259 e. The van der Waals surface area contributed by atoms with Gasteiger partial charge in [0.05, 0.1) is 17.7 Å². The van der Waals surface area contributed by atoms with Crippen molar-refractivity contribution in [2.24, 2.45) is 5.10 Å². The highest BCUT2D eigenvalue weighted by molar-refractivity contribution is 7.89. The second kappa shape index (κ2) is 9.33. The molecule has 10 heteroatoms. The Morgan fingerprint density at radius 1 is 1.06 bits per heavy atom. The van der Waals surface area contributed by atoms with Crippen molar-refractivity contribution in [1.82, 2.24) is 20.0 Å². The van der Waals surface area contributed by atoms with Crippen molar-refractivity contribution in [2.75, 3.05) is 19.6 Å². The van der Waals surface area contributed by atoms with E-state index in [1.54, 1.807) is 6.20 Å². The standard InChI is InChI=1S/C22H23N5O4S/c28-21(26-25-14-17-13-23-20-6-2-1-5-19(17)20)15-24-22(29)16-7-9-18(10-8-16)32(30,31)27-11-3-4-12-27/h1-2,5-10,13-14,23H,3-4,11-12,15H2,(H,24,29)(H,26,28)/b25-14+. The molecular formula is C22H23N5O4S. The molecule has 1 aliphatic rings. The monoisotopic (exact) mass is 453 g/mol. The normalized spacial score (nSPS) is 14.8. The molecule has 0 saturated carbocycles. The summed E-state index contributed by atoms with van der Waals surface area (Å²) in [5, 5.41) is 7.40. The Bertz CT molecular complexity index is 1260. The molecule has 4 rings (SSSR count). The molecule has 1 aromatic heterocycles. The summed E-state index contributed by atoms with van der Waals surface area (Å²) >= 11 is 0. The van der Waals surface area contributed by atoms with E-state index in [0.29, 0.717) is 13.1 Å². The number of hydrogen-bond donors (Lipinski definition) is 3. The maximum absolute atomic E-state index is 12.5. The maximum atomic E-state index is 12.5. The zero-order valence-electron chi connectivity index (χ0n) is 17.2. The number of H-pyrrole nitrogens is 1. The van der Waals surface area contributed by atoms with Crippen LogP contribution in [-0.2, 0) is 14.8 Å². The third-order valence-corrected chi connectivity index (χ3v) is 7.16. The number of amides is 2. The van der Waals surface area contributed by atoms with Gasteiger partial charge >= 0.3 is 0 Å². The molecule has 2 heterocycles. The molecule has 3 aromatic rings. The number of fused-ring (bicyclic) bond motifs is 1. The van der Waals surface area contributed by atoms with E-state index < -0.39 is 21.8 Å². The number of nitrogens with one attached hydrogen (secondary N) is 3. The van der Waals surface area contributed by atoms with E-state index in [0.717, 1.165) is 29.3 Å². The third-order valence-electron chi connectivity index (χ3n) is 5.24. The van der Waals surface area contributed by atoms with Gasteiger partial charge in [-0.2, -0.15) is 9.41 Å². The fourth-order valence-electron chi connectivity index (χ4n) is 3.53. The summed E-state index contributed by atoms with van der Waals surface area (Å²) < 4.78 is 26.5. The van der Waals surface area contributed by atoms with Crippen LogP contribution in [0.1, 0.15) is 28.8 Å². The number of aromatic amines is 1. The molecule has 166 valence electrons. The molecule has 3 N–H and O–H groups in total. The van der Waals surface area contributed by atoms with Crippen molar-refractivity contribution in [2.45, 2.75) is 17.7 Å². The Hall–Kier alpha value is -3.50. The van der Waals surface area contributed by atoms with Crippen LogP contribution in [0.4, 0.5) is 0 Å². The number of nitrogens with zero attached hydrogens (tertiary/aromatic N) is 2. The number of carbonyl (C=O) groups is 2. The topological polar surface area (TPSA) is 124 Å². The summed E-state index contributed by atoms with van der Waals surface area (Å²) in [5.74, 6) is -0.964. The van der Waals surface area contributed by atoms with E-state index in [9.17, 15) is 18.0 Å². The fraction of sp³-hybridized carbons (Fsp3) is 0.227. The Balaban J connectivity index is 1.29. The van der Waals surface area contributed by atoms with Gasteiger partial charge in [-0.05, 0) is 43.2 Å². The summed E-state index contributed by atoms with van der Waals surface area (Å²) in [6.45, 7) is 0.767. The van der Waals surface area contributed by atoms with Crippen LogP contribution in [0.2, 0.25) is 0 Å². The molecule has 0 spiro atoms. The van der Waals surface area contributed by atoms with Crippen LogP contribution in [-0.4, -0.2) is 55.4 Å². The predicted molar refractivity (Wildman–Crippen MR) is 121 cm³/mol. The van der Waals surface area contributed by atoms with Gasteiger partial charge in [0.15, 0.2) is 0 Å². The van der Waals surface area contributed by atoms with Crippen LogP contribution in [0.3, 0.4) is 0 Å². The molecule has 1 aliphatic heterocycles. The Kier molecular flexibility index (Phi) is 6.33. The van der Waals surface area contributed by atoms with E-state index in [1.165, 1.54) is 34.8 Å². The van der Waals surface area contributed by atoms with Gasteiger partial charge in [0.25, 0.3) is 11.8 Å². The van der Waals surface area contributed by atoms with Crippen molar-refractivity contribution in [3.05, 3.63) is 65.9 Å². The molecular weight excluding hydrogens is 430 g/mol. The van der Waals surface area contributed by atoms with Crippen molar-refractivity contribution >= 4 is 39.0 Å². The zero-order chi connectivity index (χ0) is 22.6. The minimum absolute atomic E-state index is 0.153. The van der Waals surface area contributed by atoms with Gasteiger partial charge in [-0.15, -0.1) is 0 Å². The van der Waals surface area contributed by atoms with Gasteiger partial charge in [-0.25, -0.2) is 13.8 Å². The maximum Gasteiger partial charge on any atom is 0.259 e. The molecule has 0 atom stereocenters. The minimum atomic E-state index is -3.53. The van der Waals surface area contributed by atoms with Crippen LogP contribution in [0.5, 0.6) is 0 Å². The minimum Gasteiger partial charge on any atom is -0.361 e. The van der Waals surface area contributed by atoms with Crippen molar-refractivity contribution in [1.29, 1.82) is 0 Å². The number of hydrogen-bond acceptors (Lipinski definition) is 5. The van der Waals surface area contributed by atoms with Crippen LogP contribution in [0.25, 0.3) is 10.9 Å². The first-order chi connectivity index (χ1) is 15.4. The van der Waals surface area contributed by atoms with Crippen LogP contribution in [0.15, 0.2) is 64.7 Å². The van der Waals surface area contributed by atoms with Crippen molar-refractivity contribution < 1.29 is 18.0 Å². The van der Waals surface area contributed by atoms with E-state index >= 15 is 0 Å². The molecule has 9 nitrogen and oxygen atoms in total. The number of benzene rings is 2. The van der Waals surface area contributed by atoms with Gasteiger partial charge in [0.1, 0.15) is 0 Å². The Labute approximate surface area is 185 Å². The highest BCUT2D eigenvalue weighted by atomic mass is 32.2. The van der Waals surface area contributed by atoms with E-state index in [4.69, 9.17) is 0 Å². The van der Waals surface area contributed by atoms with Gasteiger partial charge in [-0.1, -0.05) is 18.2 Å². The second-order valence-corrected chi connectivity index (χ2v) is 9.34. The lowest BCUT2D eigenvalue weighted by molar-refractivity contribution is -0.120. The lowest BCUT2D eigenvalue weighted by Gasteiger charge is -2.15. The van der Waals surface area contributed by atoms with Gasteiger partial charge in [0, 0.05) is 41.3 Å². The number of rotatable bonds is 7.